The van der Waals surface area contributed by atoms with Gasteiger partial charge in [-0.15, -0.1) is 11.8 Å². The molecule has 1 saturated carbocycles. The predicted octanol–water partition coefficient (Wildman–Crippen LogP) is 2.77. The minimum Gasteiger partial charge on any atom is -0.323 e. The second-order valence-electron chi connectivity index (χ2n) is 7.34. The summed E-state index contributed by atoms with van der Waals surface area (Å²) >= 11 is 1.76. The lowest BCUT2D eigenvalue weighted by Gasteiger charge is -2.25. The Morgan fingerprint density at radius 2 is 2.00 bits per heavy atom. The Bertz CT molecular complexity index is 760. The van der Waals surface area contributed by atoms with Gasteiger partial charge in [0.25, 0.3) is 5.91 Å². The number of benzene rings is 1. The summed E-state index contributed by atoms with van der Waals surface area (Å²) in [6, 6.07) is 7.40. The molecule has 1 aliphatic carbocycles. The first-order valence-electron chi connectivity index (χ1n) is 9.20. The second-order valence-corrected chi connectivity index (χ2v) is 8.82. The van der Waals surface area contributed by atoms with Crippen molar-refractivity contribution in [1.82, 2.24) is 10.2 Å². The maximum Gasteiger partial charge on any atom is 0.325 e. The highest BCUT2D eigenvalue weighted by Crippen LogP contribution is 2.38. The van der Waals surface area contributed by atoms with E-state index < -0.39 is 11.6 Å². The van der Waals surface area contributed by atoms with Gasteiger partial charge in [-0.3, -0.25) is 14.5 Å². The van der Waals surface area contributed by atoms with Gasteiger partial charge in [0, 0.05) is 16.7 Å². The number of rotatable bonds is 2. The molecular formula is C19H23N3O3S. The van der Waals surface area contributed by atoms with E-state index in [1.807, 2.05) is 24.3 Å². The highest BCUT2D eigenvalue weighted by atomic mass is 32.2. The summed E-state index contributed by atoms with van der Waals surface area (Å²) in [5.74, 6) is -0.440. The lowest BCUT2D eigenvalue weighted by molar-refractivity contribution is -0.134. The number of nitrogens with zero attached hydrogens (tertiary/aromatic N) is 2. The van der Waals surface area contributed by atoms with Crippen LogP contribution in [0.5, 0.6) is 0 Å². The van der Waals surface area contributed by atoms with Crippen LogP contribution in [-0.4, -0.2) is 46.6 Å². The number of amides is 4. The molecule has 1 aromatic rings. The molecule has 0 radical (unpaired) electrons. The first kappa shape index (κ1) is 17.4. The molecular weight excluding hydrogens is 350 g/mol. The van der Waals surface area contributed by atoms with Crippen molar-refractivity contribution in [3.63, 3.8) is 0 Å². The fourth-order valence-corrected chi connectivity index (χ4v) is 5.22. The number of hydrogen-bond donors (Lipinski definition) is 1. The van der Waals surface area contributed by atoms with E-state index in [9.17, 15) is 14.4 Å². The van der Waals surface area contributed by atoms with Crippen LogP contribution in [0.2, 0.25) is 0 Å². The average molecular weight is 373 g/mol. The van der Waals surface area contributed by atoms with E-state index in [0.717, 1.165) is 34.7 Å². The second kappa shape index (κ2) is 6.61. The van der Waals surface area contributed by atoms with Crippen molar-refractivity contribution < 1.29 is 14.4 Å². The third kappa shape index (κ3) is 2.88. The van der Waals surface area contributed by atoms with Gasteiger partial charge in [0.1, 0.15) is 12.1 Å². The number of nitrogens with one attached hydrogen (secondary N) is 1. The molecule has 2 heterocycles. The van der Waals surface area contributed by atoms with Crippen LogP contribution >= 0.6 is 11.8 Å². The zero-order valence-corrected chi connectivity index (χ0v) is 15.7. The minimum atomic E-state index is -0.765. The number of carbonyl (C=O) groups is 3. The lowest BCUT2D eigenvalue weighted by atomic mass is 9.98. The van der Waals surface area contributed by atoms with E-state index in [4.69, 9.17) is 0 Å². The van der Waals surface area contributed by atoms with Gasteiger partial charge in [0.15, 0.2) is 0 Å². The Kier molecular flexibility index (Phi) is 4.42. The van der Waals surface area contributed by atoms with Crippen molar-refractivity contribution >= 4 is 35.3 Å². The molecule has 4 amide bonds. The number of para-hydroxylation sites is 1. The van der Waals surface area contributed by atoms with Crippen LogP contribution in [0.4, 0.5) is 10.5 Å². The Labute approximate surface area is 157 Å². The largest absolute Gasteiger partial charge is 0.325 e. The lowest BCUT2D eigenvalue weighted by Crippen LogP contribution is -2.46. The van der Waals surface area contributed by atoms with Crippen LogP contribution < -0.4 is 10.2 Å². The first-order chi connectivity index (χ1) is 12.5. The van der Waals surface area contributed by atoms with Gasteiger partial charge in [-0.25, -0.2) is 4.79 Å². The predicted molar refractivity (Wildman–Crippen MR) is 100 cm³/mol. The molecule has 0 bridgehead atoms. The summed E-state index contributed by atoms with van der Waals surface area (Å²) < 4.78 is 0. The van der Waals surface area contributed by atoms with E-state index in [0.29, 0.717) is 24.6 Å². The van der Waals surface area contributed by atoms with Crippen molar-refractivity contribution in [3.05, 3.63) is 24.3 Å². The number of hydrogen-bond acceptors (Lipinski definition) is 4. The van der Waals surface area contributed by atoms with Crippen molar-refractivity contribution in [2.45, 2.75) is 54.7 Å². The molecule has 3 aliphatic rings. The van der Waals surface area contributed by atoms with E-state index in [1.54, 1.807) is 16.7 Å². The fourth-order valence-electron chi connectivity index (χ4n) is 4.10. The van der Waals surface area contributed by atoms with E-state index in [1.165, 1.54) is 0 Å². The molecule has 7 heteroatoms. The highest BCUT2D eigenvalue weighted by molar-refractivity contribution is 8.00. The topological polar surface area (TPSA) is 69.7 Å². The zero-order valence-electron chi connectivity index (χ0n) is 14.9. The number of urea groups is 1. The van der Waals surface area contributed by atoms with Gasteiger partial charge in [0.05, 0.1) is 5.69 Å². The van der Waals surface area contributed by atoms with Gasteiger partial charge < -0.3 is 10.2 Å². The van der Waals surface area contributed by atoms with Gasteiger partial charge >= 0.3 is 6.03 Å². The third-order valence-electron chi connectivity index (χ3n) is 5.54. The number of thioether (sulfide) groups is 1. The summed E-state index contributed by atoms with van der Waals surface area (Å²) in [7, 11) is 0. The molecule has 0 aromatic heterocycles. The summed E-state index contributed by atoms with van der Waals surface area (Å²) in [5.41, 5.74) is 0.104. The average Bonchev–Trinajstić information content (AvgIpc) is 3.11. The van der Waals surface area contributed by atoms with Crippen LogP contribution in [0.3, 0.4) is 0 Å². The molecule has 1 N–H and O–H groups in total. The molecule has 26 heavy (non-hydrogen) atoms. The molecule has 1 atom stereocenters. The van der Waals surface area contributed by atoms with Crippen molar-refractivity contribution in [2.24, 2.45) is 0 Å². The Hall–Kier alpha value is -2.02. The Balaban J connectivity index is 1.55. The molecule has 2 aliphatic heterocycles. The smallest absolute Gasteiger partial charge is 0.323 e. The Morgan fingerprint density at radius 3 is 2.77 bits per heavy atom. The van der Waals surface area contributed by atoms with Crippen molar-refractivity contribution in [2.75, 3.05) is 18.0 Å². The first-order valence-corrected chi connectivity index (χ1v) is 10.1. The van der Waals surface area contributed by atoms with Crippen molar-refractivity contribution in [1.29, 1.82) is 0 Å². The van der Waals surface area contributed by atoms with Gasteiger partial charge in [-0.2, -0.15) is 0 Å². The number of fused-ring (bicyclic) bond motifs is 1. The number of carbonyl (C=O) groups excluding carboxylic acids is 3. The molecule has 138 valence electrons. The SMILES string of the molecule is C[C@H]1CCN(C(=O)CN2C(=O)NC3(CCCC3)C2=O)c2ccccc2S1. The number of anilines is 1. The fraction of sp³-hybridized carbons (Fsp3) is 0.526. The monoisotopic (exact) mass is 373 g/mol. The summed E-state index contributed by atoms with van der Waals surface area (Å²) in [6.45, 7) is 2.55. The molecule has 1 saturated heterocycles. The number of imide groups is 1. The molecule has 1 aromatic carbocycles. The standard InChI is InChI=1S/C19H23N3O3S/c1-13-8-11-21(14-6-2-3-7-15(14)26-13)16(23)12-22-17(24)19(20-18(22)25)9-4-5-10-19/h2-3,6-7,13H,4-5,8-12H2,1H3,(H,20,25)/t13-/m0/s1. The quantitative estimate of drug-likeness (QED) is 0.810. The van der Waals surface area contributed by atoms with Gasteiger partial charge in [-0.05, 0) is 31.4 Å². The minimum absolute atomic E-state index is 0.195. The maximum atomic E-state index is 13.0. The highest BCUT2D eigenvalue weighted by Gasteiger charge is 2.52. The van der Waals surface area contributed by atoms with Crippen molar-refractivity contribution in [3.8, 4) is 0 Å². The maximum absolute atomic E-state index is 13.0. The van der Waals surface area contributed by atoms with E-state index in [2.05, 4.69) is 12.2 Å². The summed E-state index contributed by atoms with van der Waals surface area (Å²) in [5, 5.41) is 3.25. The van der Waals surface area contributed by atoms with Gasteiger partial charge in [-0.1, -0.05) is 31.9 Å². The zero-order chi connectivity index (χ0) is 18.3. The Morgan fingerprint density at radius 1 is 1.27 bits per heavy atom. The summed E-state index contributed by atoms with van der Waals surface area (Å²) in [4.78, 5) is 42.1. The normalized spacial score (nSPS) is 24.6. The van der Waals surface area contributed by atoms with Crippen LogP contribution in [0.15, 0.2) is 29.2 Å². The molecule has 2 fully saturated rings. The summed E-state index contributed by atoms with van der Waals surface area (Å²) in [6.07, 6.45) is 4.08. The van der Waals surface area contributed by atoms with Crippen LogP contribution in [0.25, 0.3) is 0 Å². The molecule has 6 nitrogen and oxygen atoms in total. The van der Waals surface area contributed by atoms with Crippen LogP contribution in [-0.2, 0) is 9.59 Å². The van der Waals surface area contributed by atoms with E-state index in [-0.39, 0.29) is 18.4 Å². The van der Waals surface area contributed by atoms with E-state index >= 15 is 0 Å². The molecule has 0 unspecified atom stereocenters. The van der Waals surface area contributed by atoms with Crippen LogP contribution in [0.1, 0.15) is 39.0 Å². The third-order valence-corrected chi connectivity index (χ3v) is 6.78. The molecule has 4 rings (SSSR count). The molecule has 1 spiro atoms. The van der Waals surface area contributed by atoms with Crippen LogP contribution in [0, 0.1) is 0 Å². The van der Waals surface area contributed by atoms with Gasteiger partial charge in [0.2, 0.25) is 5.91 Å².